The Morgan fingerprint density at radius 1 is 0.941 bits per heavy atom. The second-order valence-electron chi connectivity index (χ2n) is 5.76. The normalized spacial score (nSPS) is 12.4. The highest BCUT2D eigenvalue weighted by molar-refractivity contribution is 6.86. The van der Waals surface area contributed by atoms with Crippen LogP contribution in [-0.4, -0.2) is 15.4 Å². The first kappa shape index (κ1) is 14.5. The minimum Gasteiger partial charge on any atom is -0.415 e. The van der Waals surface area contributed by atoms with Crippen molar-refractivity contribution in [2.75, 3.05) is 7.11 Å². The van der Waals surface area contributed by atoms with Gasteiger partial charge in [0.05, 0.1) is 0 Å². The van der Waals surface area contributed by atoms with E-state index in [0.29, 0.717) is 11.8 Å². The second-order valence-corrected chi connectivity index (χ2v) is 9.55. The van der Waals surface area contributed by atoms with Crippen LogP contribution in [0.15, 0.2) is 30.3 Å². The van der Waals surface area contributed by atoms with Gasteiger partial charge in [0.1, 0.15) is 0 Å². The molecule has 17 heavy (non-hydrogen) atoms. The Morgan fingerprint density at radius 3 is 1.76 bits per heavy atom. The van der Waals surface area contributed by atoms with Crippen LogP contribution in [-0.2, 0) is 4.43 Å². The van der Waals surface area contributed by atoms with E-state index in [2.05, 4.69) is 58.0 Å². The Balaban J connectivity index is 3.06. The second kappa shape index (κ2) is 6.36. The van der Waals surface area contributed by atoms with Crippen LogP contribution in [0, 0.1) is 11.8 Å². The van der Waals surface area contributed by atoms with Gasteiger partial charge in [0.15, 0.2) is 0 Å². The van der Waals surface area contributed by atoms with Crippen molar-refractivity contribution in [3.8, 4) is 0 Å². The van der Waals surface area contributed by atoms with Crippen LogP contribution < -0.4 is 5.19 Å². The van der Waals surface area contributed by atoms with Gasteiger partial charge in [0, 0.05) is 7.11 Å². The highest BCUT2D eigenvalue weighted by Gasteiger charge is 2.37. The van der Waals surface area contributed by atoms with Crippen molar-refractivity contribution in [3.63, 3.8) is 0 Å². The first-order chi connectivity index (χ1) is 8.00. The molecule has 0 fully saturated rings. The monoisotopic (exact) mass is 250 g/mol. The van der Waals surface area contributed by atoms with E-state index >= 15 is 0 Å². The smallest absolute Gasteiger partial charge is 0.224 e. The van der Waals surface area contributed by atoms with Crippen LogP contribution in [0.3, 0.4) is 0 Å². The molecule has 0 N–H and O–H groups in total. The van der Waals surface area contributed by atoms with E-state index in [9.17, 15) is 0 Å². The predicted molar refractivity (Wildman–Crippen MR) is 78.1 cm³/mol. The van der Waals surface area contributed by atoms with Gasteiger partial charge >= 0.3 is 0 Å². The number of benzene rings is 1. The predicted octanol–water partition coefficient (Wildman–Crippen LogP) is 3.80. The fourth-order valence-corrected chi connectivity index (χ4v) is 7.31. The summed E-state index contributed by atoms with van der Waals surface area (Å²) in [6.45, 7) is 9.18. The lowest BCUT2D eigenvalue weighted by Gasteiger charge is -2.33. The van der Waals surface area contributed by atoms with Gasteiger partial charge in [0.2, 0.25) is 8.32 Å². The Bertz CT molecular complexity index is 309. The number of rotatable bonds is 6. The molecule has 0 spiro atoms. The van der Waals surface area contributed by atoms with Crippen molar-refractivity contribution in [2.24, 2.45) is 11.8 Å². The van der Waals surface area contributed by atoms with E-state index in [-0.39, 0.29) is 0 Å². The van der Waals surface area contributed by atoms with Gasteiger partial charge in [-0.25, -0.2) is 0 Å². The largest absolute Gasteiger partial charge is 0.415 e. The van der Waals surface area contributed by atoms with Gasteiger partial charge in [0.25, 0.3) is 0 Å². The first-order valence-corrected chi connectivity index (χ1v) is 8.93. The van der Waals surface area contributed by atoms with Crippen molar-refractivity contribution >= 4 is 13.5 Å². The molecule has 2 heteroatoms. The Kier molecular flexibility index (Phi) is 5.41. The topological polar surface area (TPSA) is 9.23 Å². The summed E-state index contributed by atoms with van der Waals surface area (Å²) in [4.78, 5) is 0. The zero-order valence-corrected chi connectivity index (χ0v) is 12.9. The third kappa shape index (κ3) is 3.97. The van der Waals surface area contributed by atoms with E-state index in [1.54, 1.807) is 0 Å². The van der Waals surface area contributed by atoms with E-state index < -0.39 is 8.32 Å². The SMILES string of the molecule is CO[Si](CC(C)C)(CC(C)C)c1ccccc1. The summed E-state index contributed by atoms with van der Waals surface area (Å²) in [5.74, 6) is 1.39. The summed E-state index contributed by atoms with van der Waals surface area (Å²) in [6.07, 6.45) is 0. The fourth-order valence-electron chi connectivity index (χ4n) is 2.66. The lowest BCUT2D eigenvalue weighted by atomic mass is 10.3. The lowest BCUT2D eigenvalue weighted by molar-refractivity contribution is 0.387. The molecule has 0 radical (unpaired) electrons. The van der Waals surface area contributed by atoms with E-state index in [4.69, 9.17) is 4.43 Å². The lowest BCUT2D eigenvalue weighted by Crippen LogP contribution is -2.51. The summed E-state index contributed by atoms with van der Waals surface area (Å²) in [7, 11) is 0.135. The van der Waals surface area contributed by atoms with Crippen LogP contribution in [0.25, 0.3) is 0 Å². The molecule has 1 nitrogen and oxygen atoms in total. The maximum Gasteiger partial charge on any atom is 0.224 e. The minimum absolute atomic E-state index is 0.695. The third-order valence-electron chi connectivity index (χ3n) is 3.17. The maximum absolute atomic E-state index is 6.08. The molecule has 0 aliphatic carbocycles. The van der Waals surface area contributed by atoms with E-state index in [1.165, 1.54) is 17.3 Å². The van der Waals surface area contributed by atoms with E-state index in [1.807, 2.05) is 7.11 Å². The molecule has 1 aromatic carbocycles. The molecule has 0 saturated heterocycles. The summed E-state index contributed by atoms with van der Waals surface area (Å²) < 4.78 is 6.08. The standard InChI is InChI=1S/C15H26OSi/c1-13(2)11-17(16-5,12-14(3)4)15-9-7-6-8-10-15/h6-10,13-14H,11-12H2,1-5H3. The zero-order valence-electron chi connectivity index (χ0n) is 11.9. The molecule has 0 amide bonds. The summed E-state index contributed by atoms with van der Waals surface area (Å²) >= 11 is 0. The highest BCUT2D eigenvalue weighted by atomic mass is 28.4. The number of hydrogen-bond acceptors (Lipinski definition) is 1. The summed E-state index contributed by atoms with van der Waals surface area (Å²) in [6, 6.07) is 13.3. The van der Waals surface area contributed by atoms with Crippen molar-refractivity contribution in [3.05, 3.63) is 30.3 Å². The van der Waals surface area contributed by atoms with Gasteiger partial charge < -0.3 is 4.43 Å². The van der Waals surface area contributed by atoms with Gasteiger partial charge in [-0.1, -0.05) is 58.0 Å². The molecule has 0 aromatic heterocycles. The molecule has 0 aliphatic heterocycles. The molecule has 1 rings (SSSR count). The molecule has 0 saturated carbocycles. The highest BCUT2D eigenvalue weighted by Crippen LogP contribution is 2.25. The van der Waals surface area contributed by atoms with Crippen LogP contribution in [0.2, 0.25) is 12.1 Å². The fraction of sp³-hybridized carbons (Fsp3) is 0.600. The first-order valence-electron chi connectivity index (χ1n) is 6.61. The molecular weight excluding hydrogens is 224 g/mol. The summed E-state index contributed by atoms with van der Waals surface area (Å²) in [5.41, 5.74) is 0. The van der Waals surface area contributed by atoms with Crippen LogP contribution in [0.1, 0.15) is 27.7 Å². The Hall–Kier alpha value is -0.603. The zero-order chi connectivity index (χ0) is 12.9. The molecular formula is C15H26OSi. The average Bonchev–Trinajstić information content (AvgIpc) is 2.28. The van der Waals surface area contributed by atoms with Gasteiger partial charge in [-0.05, 0) is 29.1 Å². The maximum atomic E-state index is 6.08. The number of hydrogen-bond donors (Lipinski definition) is 0. The summed E-state index contributed by atoms with van der Waals surface area (Å²) in [5, 5.41) is 1.45. The molecule has 1 aromatic rings. The molecule has 0 atom stereocenters. The van der Waals surface area contributed by atoms with Crippen molar-refractivity contribution in [2.45, 2.75) is 39.8 Å². The van der Waals surface area contributed by atoms with Crippen molar-refractivity contribution in [1.82, 2.24) is 0 Å². The molecule has 0 heterocycles. The Morgan fingerprint density at radius 2 is 1.41 bits per heavy atom. The van der Waals surface area contributed by atoms with Gasteiger partial charge in [-0.3, -0.25) is 0 Å². The van der Waals surface area contributed by atoms with Crippen LogP contribution in [0.4, 0.5) is 0 Å². The molecule has 0 aliphatic rings. The quantitative estimate of drug-likeness (QED) is 0.698. The Labute approximate surface area is 107 Å². The van der Waals surface area contributed by atoms with Crippen LogP contribution in [0.5, 0.6) is 0 Å². The van der Waals surface area contributed by atoms with Gasteiger partial charge in [-0.2, -0.15) is 0 Å². The average molecular weight is 250 g/mol. The van der Waals surface area contributed by atoms with E-state index in [0.717, 1.165) is 0 Å². The molecule has 0 unspecified atom stereocenters. The van der Waals surface area contributed by atoms with Crippen molar-refractivity contribution in [1.29, 1.82) is 0 Å². The molecule has 0 bridgehead atoms. The van der Waals surface area contributed by atoms with Crippen LogP contribution >= 0.6 is 0 Å². The molecule has 96 valence electrons. The van der Waals surface area contributed by atoms with Gasteiger partial charge in [-0.15, -0.1) is 0 Å². The third-order valence-corrected chi connectivity index (χ3v) is 8.29. The minimum atomic E-state index is -1.77. The van der Waals surface area contributed by atoms with Crippen molar-refractivity contribution < 1.29 is 4.43 Å².